The molecule has 0 spiro atoms. The van der Waals surface area contributed by atoms with Crippen LogP contribution in [0.25, 0.3) is 0 Å². The number of unbranched alkanes of at least 4 members (excludes halogenated alkanes) is 1. The van der Waals surface area contributed by atoms with Crippen molar-refractivity contribution in [1.82, 2.24) is 0 Å². The van der Waals surface area contributed by atoms with Gasteiger partial charge in [0.25, 0.3) is 5.60 Å². The first kappa shape index (κ1) is 26.5. The lowest BCUT2D eigenvalue weighted by molar-refractivity contribution is -0.389. The Kier molecular flexibility index (Phi) is 7.14. The van der Waals surface area contributed by atoms with Crippen LogP contribution in [0.2, 0.25) is 0 Å². The Morgan fingerprint density at radius 2 is 1.47 bits per heavy atom. The Hall–Kier alpha value is -2.11. The van der Waals surface area contributed by atoms with Crippen LogP contribution in [0.4, 0.5) is 26.3 Å². The van der Waals surface area contributed by atoms with Gasteiger partial charge < -0.3 is 10.5 Å². The number of benzene rings is 2. The minimum absolute atomic E-state index is 0.00229. The van der Waals surface area contributed by atoms with Crippen LogP contribution < -0.4 is 5.73 Å². The van der Waals surface area contributed by atoms with E-state index in [1.165, 1.54) is 24.3 Å². The summed E-state index contributed by atoms with van der Waals surface area (Å²) < 4.78 is 113. The lowest BCUT2D eigenvalue weighted by atomic mass is 9.74. The standard InChI is InChI=1S/C23H25F6NO3S/c1-2-3-13-33-21(22(24,25)26,23(27,28)29)17-11-9-16(10-12-17)20(14-18(30)15-20)34(31,32)19-7-5-4-6-8-19/h4-12,18H,2-3,13-15,30H2,1H3. The van der Waals surface area contributed by atoms with Crippen LogP contribution in [-0.2, 0) is 24.9 Å². The van der Waals surface area contributed by atoms with Crippen LogP contribution in [0.5, 0.6) is 0 Å². The number of rotatable bonds is 8. The monoisotopic (exact) mass is 509 g/mol. The number of ether oxygens (including phenoxy) is 1. The second-order valence-corrected chi connectivity index (χ2v) is 10.7. The maximum Gasteiger partial charge on any atom is 0.430 e. The molecule has 0 atom stereocenters. The molecule has 34 heavy (non-hydrogen) atoms. The first-order valence-corrected chi connectivity index (χ1v) is 12.1. The van der Waals surface area contributed by atoms with Crippen molar-refractivity contribution in [1.29, 1.82) is 0 Å². The molecule has 0 aromatic heterocycles. The molecule has 2 aromatic carbocycles. The van der Waals surface area contributed by atoms with Gasteiger partial charge in [0.1, 0.15) is 4.75 Å². The number of hydrogen-bond acceptors (Lipinski definition) is 4. The van der Waals surface area contributed by atoms with E-state index in [4.69, 9.17) is 5.73 Å². The minimum atomic E-state index is -5.80. The molecule has 188 valence electrons. The Morgan fingerprint density at radius 3 is 1.91 bits per heavy atom. The molecule has 2 N–H and O–H groups in total. The Labute approximate surface area is 194 Å². The van der Waals surface area contributed by atoms with Gasteiger partial charge in [-0.25, -0.2) is 8.42 Å². The van der Waals surface area contributed by atoms with Gasteiger partial charge in [-0.15, -0.1) is 0 Å². The van der Waals surface area contributed by atoms with Gasteiger partial charge in [-0.05, 0) is 37.0 Å². The van der Waals surface area contributed by atoms with Gasteiger partial charge in [0.15, 0.2) is 9.84 Å². The zero-order valence-electron chi connectivity index (χ0n) is 18.3. The highest BCUT2D eigenvalue weighted by molar-refractivity contribution is 7.92. The molecule has 1 aliphatic carbocycles. The van der Waals surface area contributed by atoms with Crippen LogP contribution in [0, 0.1) is 0 Å². The first-order valence-electron chi connectivity index (χ1n) is 10.7. The van der Waals surface area contributed by atoms with Gasteiger partial charge in [0.05, 0.1) is 4.90 Å². The van der Waals surface area contributed by atoms with E-state index in [0.717, 1.165) is 12.1 Å². The van der Waals surface area contributed by atoms with E-state index in [1.807, 2.05) is 0 Å². The predicted octanol–water partition coefficient (Wildman–Crippen LogP) is 5.61. The Morgan fingerprint density at radius 1 is 0.941 bits per heavy atom. The summed E-state index contributed by atoms with van der Waals surface area (Å²) in [4.78, 5) is -0.00574. The maximum atomic E-state index is 13.9. The van der Waals surface area contributed by atoms with E-state index >= 15 is 0 Å². The molecule has 1 saturated carbocycles. The molecule has 0 aliphatic heterocycles. The SMILES string of the molecule is CCCCOC(c1ccc(C2(S(=O)(=O)c3ccccc3)CC(N)C2)cc1)(C(F)(F)F)C(F)(F)F. The van der Waals surface area contributed by atoms with Gasteiger partial charge in [-0.3, -0.25) is 0 Å². The molecule has 0 radical (unpaired) electrons. The van der Waals surface area contributed by atoms with Crippen LogP contribution in [0.3, 0.4) is 0 Å². The molecule has 1 fully saturated rings. The van der Waals surface area contributed by atoms with Crippen molar-refractivity contribution >= 4 is 9.84 Å². The number of halogens is 6. The van der Waals surface area contributed by atoms with Crippen molar-refractivity contribution in [2.75, 3.05) is 6.61 Å². The van der Waals surface area contributed by atoms with Crippen LogP contribution in [0.1, 0.15) is 43.7 Å². The summed E-state index contributed by atoms with van der Waals surface area (Å²) in [5.74, 6) is 0. The number of hydrogen-bond donors (Lipinski definition) is 1. The summed E-state index contributed by atoms with van der Waals surface area (Å²) in [5, 5.41) is 0. The summed E-state index contributed by atoms with van der Waals surface area (Å²) in [6.45, 7) is 0.857. The van der Waals surface area contributed by atoms with Crippen molar-refractivity contribution in [3.05, 3.63) is 65.7 Å². The van der Waals surface area contributed by atoms with E-state index in [9.17, 15) is 34.8 Å². The highest BCUT2D eigenvalue weighted by atomic mass is 32.2. The van der Waals surface area contributed by atoms with Crippen molar-refractivity contribution in [3.63, 3.8) is 0 Å². The van der Waals surface area contributed by atoms with E-state index in [1.54, 1.807) is 13.0 Å². The largest absolute Gasteiger partial charge is 0.430 e. The third-order valence-electron chi connectivity index (χ3n) is 6.18. The summed E-state index contributed by atoms with van der Waals surface area (Å²) in [6.07, 6.45) is -11.3. The fraction of sp³-hybridized carbons (Fsp3) is 0.478. The molecule has 0 amide bonds. The second kappa shape index (κ2) is 9.16. The van der Waals surface area contributed by atoms with Crippen molar-refractivity contribution in [3.8, 4) is 0 Å². The van der Waals surface area contributed by atoms with E-state index < -0.39 is 50.8 Å². The maximum absolute atomic E-state index is 13.9. The minimum Gasteiger partial charge on any atom is -0.354 e. The number of nitrogens with two attached hydrogens (primary N) is 1. The van der Waals surface area contributed by atoms with Gasteiger partial charge in [-0.1, -0.05) is 55.8 Å². The smallest absolute Gasteiger partial charge is 0.354 e. The van der Waals surface area contributed by atoms with E-state index in [2.05, 4.69) is 4.74 Å². The van der Waals surface area contributed by atoms with Gasteiger partial charge in [0, 0.05) is 18.2 Å². The average Bonchev–Trinajstić information content (AvgIpc) is 2.73. The summed E-state index contributed by atoms with van der Waals surface area (Å²) in [5.41, 5.74) is 0.247. The van der Waals surface area contributed by atoms with Gasteiger partial charge >= 0.3 is 12.4 Å². The summed E-state index contributed by atoms with van der Waals surface area (Å²) in [6, 6.07) is 10.3. The zero-order valence-corrected chi connectivity index (χ0v) is 19.1. The lowest BCUT2D eigenvalue weighted by Gasteiger charge is -2.46. The molecule has 0 unspecified atom stereocenters. The van der Waals surface area contributed by atoms with Crippen LogP contribution in [0.15, 0.2) is 59.5 Å². The Balaban J connectivity index is 2.11. The van der Waals surface area contributed by atoms with E-state index in [0.29, 0.717) is 18.6 Å². The molecule has 3 rings (SSSR count). The molecule has 1 aliphatic rings. The molecular formula is C23H25F6NO3S. The summed E-state index contributed by atoms with van der Waals surface area (Å²) >= 11 is 0. The van der Waals surface area contributed by atoms with Gasteiger partial charge in [-0.2, -0.15) is 26.3 Å². The lowest BCUT2D eigenvalue weighted by Crippen LogP contribution is -2.56. The topological polar surface area (TPSA) is 69.4 Å². The Bertz CT molecular complexity index is 1060. The molecule has 11 heteroatoms. The molecule has 4 nitrogen and oxygen atoms in total. The third-order valence-corrected chi connectivity index (χ3v) is 8.67. The van der Waals surface area contributed by atoms with Crippen molar-refractivity contribution < 1.29 is 39.5 Å². The highest BCUT2D eigenvalue weighted by Crippen LogP contribution is 2.54. The van der Waals surface area contributed by atoms with Crippen molar-refractivity contribution in [2.45, 2.75) is 66.2 Å². The van der Waals surface area contributed by atoms with Crippen LogP contribution >= 0.6 is 0 Å². The molecular weight excluding hydrogens is 484 g/mol. The molecule has 0 bridgehead atoms. The predicted molar refractivity (Wildman–Crippen MR) is 114 cm³/mol. The molecule has 0 heterocycles. The highest BCUT2D eigenvalue weighted by Gasteiger charge is 2.73. The van der Waals surface area contributed by atoms with Gasteiger partial charge in [0.2, 0.25) is 0 Å². The summed E-state index contributed by atoms with van der Waals surface area (Å²) in [7, 11) is -4.03. The van der Waals surface area contributed by atoms with E-state index in [-0.39, 0.29) is 29.7 Å². The zero-order chi connectivity index (χ0) is 25.4. The third kappa shape index (κ3) is 4.22. The van der Waals surface area contributed by atoms with Crippen LogP contribution in [-0.4, -0.2) is 33.4 Å². The average molecular weight is 510 g/mol. The molecule has 2 aromatic rings. The first-order chi connectivity index (χ1) is 15.7. The quantitative estimate of drug-likeness (QED) is 0.371. The molecule has 0 saturated heterocycles. The second-order valence-electron chi connectivity index (χ2n) is 8.44. The number of sulfone groups is 1. The van der Waals surface area contributed by atoms with Crippen molar-refractivity contribution in [2.24, 2.45) is 5.73 Å². The normalized spacial score (nSPS) is 21.8. The fourth-order valence-corrected chi connectivity index (χ4v) is 6.62. The number of alkyl halides is 6. The fourth-order valence-electron chi connectivity index (χ4n) is 4.34.